The summed E-state index contributed by atoms with van der Waals surface area (Å²) in [6.45, 7) is 1.30. The van der Waals surface area contributed by atoms with Crippen LogP contribution in [0.2, 0.25) is 0 Å². The Kier molecular flexibility index (Phi) is 4.03. The van der Waals surface area contributed by atoms with E-state index in [9.17, 15) is 10.1 Å². The van der Waals surface area contributed by atoms with Gasteiger partial charge >= 0.3 is 5.97 Å². The molecular formula is C14H16N2O3. The van der Waals surface area contributed by atoms with Gasteiger partial charge in [-0.2, -0.15) is 5.26 Å². The summed E-state index contributed by atoms with van der Waals surface area (Å²) in [5.41, 5.74) is 1.35. The molecule has 19 heavy (non-hydrogen) atoms. The van der Waals surface area contributed by atoms with Gasteiger partial charge < -0.3 is 14.7 Å². The normalized spacial score (nSPS) is 13.9. The Bertz CT molecular complexity index is 518. The highest BCUT2D eigenvalue weighted by atomic mass is 16.5. The zero-order valence-electron chi connectivity index (χ0n) is 10.8. The topological polar surface area (TPSA) is 73.6 Å². The van der Waals surface area contributed by atoms with Crippen molar-refractivity contribution in [1.82, 2.24) is 0 Å². The Balaban J connectivity index is 2.31. The van der Waals surface area contributed by atoms with Gasteiger partial charge in [-0.05, 0) is 31.0 Å². The van der Waals surface area contributed by atoms with Gasteiger partial charge in [-0.3, -0.25) is 0 Å². The van der Waals surface area contributed by atoms with Crippen molar-refractivity contribution in [2.45, 2.75) is 18.9 Å². The Labute approximate surface area is 112 Å². The van der Waals surface area contributed by atoms with Crippen molar-refractivity contribution in [2.75, 3.05) is 25.2 Å². The summed E-state index contributed by atoms with van der Waals surface area (Å²) in [7, 11) is 1.64. The van der Waals surface area contributed by atoms with Gasteiger partial charge in [0.15, 0.2) is 0 Å². The maximum atomic E-state index is 10.9. The van der Waals surface area contributed by atoms with E-state index >= 15 is 0 Å². The Morgan fingerprint density at radius 3 is 2.84 bits per heavy atom. The molecule has 0 saturated heterocycles. The number of nitriles is 1. The fourth-order valence-electron chi connectivity index (χ4n) is 2.08. The van der Waals surface area contributed by atoms with Crippen molar-refractivity contribution in [3.8, 4) is 6.07 Å². The number of carbonyl (C=O) groups is 1. The van der Waals surface area contributed by atoms with E-state index in [2.05, 4.69) is 11.0 Å². The lowest BCUT2D eigenvalue weighted by Gasteiger charge is -2.25. The summed E-state index contributed by atoms with van der Waals surface area (Å²) in [6, 6.07) is 7.22. The van der Waals surface area contributed by atoms with Crippen LogP contribution in [0.15, 0.2) is 18.2 Å². The minimum Gasteiger partial charge on any atom is -0.478 e. The number of methoxy groups -OCH3 is 1. The number of ether oxygens (including phenoxy) is 1. The van der Waals surface area contributed by atoms with E-state index in [4.69, 9.17) is 9.84 Å². The number of carboxylic acid groups (broad SMARTS) is 1. The third kappa shape index (κ3) is 3.04. The largest absolute Gasteiger partial charge is 0.478 e. The molecule has 1 N–H and O–H groups in total. The Morgan fingerprint density at radius 1 is 1.58 bits per heavy atom. The molecule has 2 rings (SSSR count). The van der Waals surface area contributed by atoms with Crippen LogP contribution in [-0.2, 0) is 4.74 Å². The average molecular weight is 260 g/mol. The molecule has 0 radical (unpaired) electrons. The van der Waals surface area contributed by atoms with E-state index in [1.54, 1.807) is 19.2 Å². The van der Waals surface area contributed by atoms with Gasteiger partial charge in [0.25, 0.3) is 0 Å². The van der Waals surface area contributed by atoms with Crippen molar-refractivity contribution >= 4 is 11.7 Å². The van der Waals surface area contributed by atoms with Crippen LogP contribution in [0.4, 0.5) is 5.69 Å². The zero-order chi connectivity index (χ0) is 13.8. The lowest BCUT2D eigenvalue weighted by molar-refractivity contribution is 0.0697. The first-order valence-electron chi connectivity index (χ1n) is 6.20. The first-order valence-corrected chi connectivity index (χ1v) is 6.20. The second kappa shape index (κ2) is 5.72. The van der Waals surface area contributed by atoms with E-state index in [-0.39, 0.29) is 5.56 Å². The van der Waals surface area contributed by atoms with Gasteiger partial charge in [0.05, 0.1) is 23.4 Å². The molecule has 0 amide bonds. The molecule has 1 saturated carbocycles. The van der Waals surface area contributed by atoms with E-state index < -0.39 is 5.97 Å². The van der Waals surface area contributed by atoms with Crippen molar-refractivity contribution < 1.29 is 14.6 Å². The standard InChI is InChI=1S/C14H16N2O3/c1-19-7-6-16(12-3-4-12)13-5-2-10(14(17)18)8-11(13)9-15/h2,5,8,12H,3-4,6-7H2,1H3,(H,17,18). The number of hydrogen-bond acceptors (Lipinski definition) is 4. The Hall–Kier alpha value is -2.06. The maximum absolute atomic E-state index is 10.9. The van der Waals surface area contributed by atoms with Gasteiger partial charge in [0.2, 0.25) is 0 Å². The number of carboxylic acids is 1. The summed E-state index contributed by atoms with van der Waals surface area (Å²) >= 11 is 0. The summed E-state index contributed by atoms with van der Waals surface area (Å²) in [6.07, 6.45) is 2.21. The smallest absolute Gasteiger partial charge is 0.335 e. The molecule has 0 spiro atoms. The van der Waals surface area contributed by atoms with Gasteiger partial charge in [-0.25, -0.2) is 4.79 Å². The lowest BCUT2D eigenvalue weighted by atomic mass is 10.1. The fourth-order valence-corrected chi connectivity index (χ4v) is 2.08. The SMILES string of the molecule is COCCN(c1ccc(C(=O)O)cc1C#N)C1CC1. The first-order chi connectivity index (χ1) is 9.17. The van der Waals surface area contributed by atoms with Crippen molar-refractivity contribution in [3.05, 3.63) is 29.3 Å². The van der Waals surface area contributed by atoms with Crippen LogP contribution in [0.25, 0.3) is 0 Å². The molecule has 1 aliphatic carbocycles. The molecule has 5 nitrogen and oxygen atoms in total. The molecule has 1 aromatic rings. The van der Waals surface area contributed by atoms with Crippen LogP contribution < -0.4 is 4.90 Å². The molecule has 0 unspecified atom stereocenters. The minimum absolute atomic E-state index is 0.141. The summed E-state index contributed by atoms with van der Waals surface area (Å²) < 4.78 is 5.09. The van der Waals surface area contributed by atoms with Crippen molar-refractivity contribution in [2.24, 2.45) is 0 Å². The van der Waals surface area contributed by atoms with E-state index in [1.165, 1.54) is 6.07 Å². The molecule has 0 aliphatic heterocycles. The van der Waals surface area contributed by atoms with Crippen LogP contribution in [0, 0.1) is 11.3 Å². The van der Waals surface area contributed by atoms with Gasteiger partial charge in [-0.1, -0.05) is 0 Å². The number of hydrogen-bond donors (Lipinski definition) is 1. The van der Waals surface area contributed by atoms with Crippen LogP contribution in [-0.4, -0.2) is 37.4 Å². The summed E-state index contributed by atoms with van der Waals surface area (Å²) in [5, 5.41) is 18.2. The van der Waals surface area contributed by atoms with Gasteiger partial charge in [0.1, 0.15) is 6.07 Å². The summed E-state index contributed by atoms with van der Waals surface area (Å²) in [5.74, 6) is -1.02. The number of aromatic carboxylic acids is 1. The molecule has 0 aromatic heterocycles. The number of rotatable bonds is 6. The molecule has 5 heteroatoms. The molecule has 0 atom stereocenters. The molecule has 1 aliphatic rings. The molecule has 100 valence electrons. The predicted molar refractivity (Wildman–Crippen MR) is 70.4 cm³/mol. The van der Waals surface area contributed by atoms with Gasteiger partial charge in [0, 0.05) is 19.7 Å². The van der Waals surface area contributed by atoms with E-state index in [0.717, 1.165) is 18.5 Å². The monoisotopic (exact) mass is 260 g/mol. The Morgan fingerprint density at radius 2 is 2.32 bits per heavy atom. The number of nitrogens with zero attached hydrogens (tertiary/aromatic N) is 2. The van der Waals surface area contributed by atoms with E-state index in [0.29, 0.717) is 24.8 Å². The van der Waals surface area contributed by atoms with E-state index in [1.807, 2.05) is 0 Å². The third-order valence-corrected chi connectivity index (χ3v) is 3.20. The molecule has 0 bridgehead atoms. The molecule has 1 aromatic carbocycles. The zero-order valence-corrected chi connectivity index (χ0v) is 10.8. The second-order valence-electron chi connectivity index (χ2n) is 4.57. The first kappa shape index (κ1) is 13.4. The quantitative estimate of drug-likeness (QED) is 0.845. The number of benzene rings is 1. The highest BCUT2D eigenvalue weighted by Gasteiger charge is 2.30. The third-order valence-electron chi connectivity index (χ3n) is 3.20. The van der Waals surface area contributed by atoms with Gasteiger partial charge in [-0.15, -0.1) is 0 Å². The van der Waals surface area contributed by atoms with Crippen LogP contribution in [0.3, 0.4) is 0 Å². The maximum Gasteiger partial charge on any atom is 0.335 e. The summed E-state index contributed by atoms with van der Waals surface area (Å²) in [4.78, 5) is 13.1. The number of anilines is 1. The second-order valence-corrected chi connectivity index (χ2v) is 4.57. The van der Waals surface area contributed by atoms with Crippen LogP contribution in [0.5, 0.6) is 0 Å². The average Bonchev–Trinajstić information content (AvgIpc) is 3.23. The van der Waals surface area contributed by atoms with Crippen LogP contribution >= 0.6 is 0 Å². The van der Waals surface area contributed by atoms with Crippen LogP contribution in [0.1, 0.15) is 28.8 Å². The van der Waals surface area contributed by atoms with Crippen molar-refractivity contribution in [1.29, 1.82) is 5.26 Å². The fraction of sp³-hybridized carbons (Fsp3) is 0.429. The minimum atomic E-state index is -1.02. The molecular weight excluding hydrogens is 244 g/mol. The predicted octanol–water partition coefficient (Wildman–Crippen LogP) is 1.87. The highest BCUT2D eigenvalue weighted by Crippen LogP contribution is 2.33. The molecule has 1 fully saturated rings. The lowest BCUT2D eigenvalue weighted by Crippen LogP contribution is -2.30. The molecule has 0 heterocycles. The van der Waals surface area contributed by atoms with Crippen molar-refractivity contribution in [3.63, 3.8) is 0 Å². The highest BCUT2D eigenvalue weighted by molar-refractivity contribution is 5.89.